The second-order valence-corrected chi connectivity index (χ2v) is 1.15. The highest BCUT2D eigenvalue weighted by molar-refractivity contribution is 5.71. The van der Waals surface area contributed by atoms with Crippen molar-refractivity contribution in [3.05, 3.63) is 0 Å². The van der Waals surface area contributed by atoms with Crippen LogP contribution in [0.2, 0.25) is 0 Å². The third kappa shape index (κ3) is 277. The molecule has 0 aliphatic rings. The number of nitrogens with two attached hydrogens (primary N) is 2. The topological polar surface area (TPSA) is 102 Å². The molecule has 0 aromatic rings. The van der Waals surface area contributed by atoms with E-state index < -0.39 is 0 Å². The largest absolute Gasteiger partial charge is 0.469 e. The summed E-state index contributed by atoms with van der Waals surface area (Å²) in [5, 5.41) is 6.06. The number of nitrogens with one attached hydrogen (secondary N) is 1. The summed E-state index contributed by atoms with van der Waals surface area (Å²) in [6.45, 7) is 1.36. The van der Waals surface area contributed by atoms with E-state index in [9.17, 15) is 4.79 Å². The maximum Gasteiger partial charge on any atom is 0.302 e. The molecule has 0 bridgehead atoms. The highest BCUT2D eigenvalue weighted by Crippen LogP contribution is 1.60. The Hall–Kier alpha value is -1.26. The molecule has 0 heterocycles. The van der Waals surface area contributed by atoms with Gasteiger partial charge in [0.05, 0.1) is 7.11 Å². The highest BCUT2D eigenvalue weighted by atomic mass is 16.5. The van der Waals surface area contributed by atoms with Gasteiger partial charge >= 0.3 is 5.97 Å². The zero-order chi connectivity index (χ0) is 7.86. The summed E-state index contributed by atoms with van der Waals surface area (Å²) in [6, 6.07) is 0. The monoisotopic (exact) mass is 133 g/mol. The van der Waals surface area contributed by atoms with Crippen molar-refractivity contribution in [2.75, 3.05) is 7.11 Å². The molecule has 0 saturated carbocycles. The number of ether oxygens (including phenoxy) is 1. The minimum Gasteiger partial charge on any atom is -0.469 e. The Bertz CT molecular complexity index is 98.0. The van der Waals surface area contributed by atoms with E-state index in [0.29, 0.717) is 0 Å². The van der Waals surface area contributed by atoms with Crippen molar-refractivity contribution in [3.63, 3.8) is 0 Å². The van der Waals surface area contributed by atoms with Crippen LogP contribution in [0.25, 0.3) is 0 Å². The molecule has 5 nitrogen and oxygen atoms in total. The molecule has 0 aliphatic heterocycles. The maximum absolute atomic E-state index is 9.59. The Balaban J connectivity index is 0. The first-order valence-electron chi connectivity index (χ1n) is 2.14. The van der Waals surface area contributed by atoms with Crippen molar-refractivity contribution >= 4 is 11.9 Å². The van der Waals surface area contributed by atoms with Gasteiger partial charge in [-0.05, 0) is 0 Å². The summed E-state index contributed by atoms with van der Waals surface area (Å²) in [5.41, 5.74) is 8.94. The predicted molar refractivity (Wildman–Crippen MR) is 33.8 cm³/mol. The first kappa shape index (κ1) is 10.7. The summed E-state index contributed by atoms with van der Waals surface area (Å²) in [7, 11) is 1.35. The molecule has 0 amide bonds. The average Bonchev–Trinajstić information content (AvgIpc) is 1.65. The third-order valence-corrected chi connectivity index (χ3v) is 0.287. The molecule has 0 spiro atoms. The van der Waals surface area contributed by atoms with E-state index in [1.165, 1.54) is 14.0 Å². The highest BCUT2D eigenvalue weighted by Gasteiger charge is 1.75. The molecular formula is C4H11N3O2. The van der Waals surface area contributed by atoms with Crippen LogP contribution in [0.15, 0.2) is 0 Å². The van der Waals surface area contributed by atoms with Crippen LogP contribution >= 0.6 is 0 Å². The summed E-state index contributed by atoms with van der Waals surface area (Å²) < 4.78 is 4.11. The van der Waals surface area contributed by atoms with Gasteiger partial charge in [0, 0.05) is 6.92 Å². The number of hydrogen-bond acceptors (Lipinski definition) is 3. The van der Waals surface area contributed by atoms with Crippen LogP contribution in [0.4, 0.5) is 0 Å². The second kappa shape index (κ2) is 6.74. The molecule has 5 N–H and O–H groups in total. The normalized spacial score (nSPS) is 6.44. The fourth-order valence-corrected chi connectivity index (χ4v) is 0. The summed E-state index contributed by atoms with van der Waals surface area (Å²) in [5.74, 6) is -0.579. The van der Waals surface area contributed by atoms with Crippen molar-refractivity contribution in [1.82, 2.24) is 0 Å². The number of guanidine groups is 1. The van der Waals surface area contributed by atoms with E-state index in [1.54, 1.807) is 0 Å². The molecule has 0 radical (unpaired) electrons. The van der Waals surface area contributed by atoms with Gasteiger partial charge in [0.1, 0.15) is 0 Å². The van der Waals surface area contributed by atoms with Crippen LogP contribution in [0.1, 0.15) is 6.92 Å². The number of carbonyl (C=O) groups is 1. The van der Waals surface area contributed by atoms with Crippen LogP contribution in [-0.2, 0) is 9.53 Å². The van der Waals surface area contributed by atoms with Crippen molar-refractivity contribution in [1.29, 1.82) is 5.41 Å². The van der Waals surface area contributed by atoms with Crippen LogP contribution in [-0.4, -0.2) is 19.0 Å². The molecule has 0 aliphatic carbocycles. The van der Waals surface area contributed by atoms with Crippen molar-refractivity contribution in [3.8, 4) is 0 Å². The van der Waals surface area contributed by atoms with Gasteiger partial charge in [-0.1, -0.05) is 0 Å². The van der Waals surface area contributed by atoms with E-state index in [2.05, 4.69) is 16.2 Å². The Kier molecular flexibility index (Phi) is 7.99. The van der Waals surface area contributed by atoms with E-state index in [0.717, 1.165) is 0 Å². The van der Waals surface area contributed by atoms with Crippen LogP contribution in [0.5, 0.6) is 0 Å². The lowest BCUT2D eigenvalue weighted by molar-refractivity contribution is -0.137. The lowest BCUT2D eigenvalue weighted by atomic mass is 10.8. The SMILES string of the molecule is COC(C)=O.N=C(N)N. The molecule has 0 fully saturated rings. The third-order valence-electron chi connectivity index (χ3n) is 0.287. The Morgan fingerprint density at radius 1 is 1.56 bits per heavy atom. The Morgan fingerprint density at radius 3 is 1.67 bits per heavy atom. The molecule has 0 aromatic carbocycles. The number of hydrogen-bond donors (Lipinski definition) is 3. The van der Waals surface area contributed by atoms with Gasteiger partial charge in [-0.2, -0.15) is 0 Å². The fourth-order valence-electron chi connectivity index (χ4n) is 0. The van der Waals surface area contributed by atoms with Gasteiger partial charge in [-0.25, -0.2) is 0 Å². The zero-order valence-electron chi connectivity index (χ0n) is 5.47. The van der Waals surface area contributed by atoms with Gasteiger partial charge in [0.2, 0.25) is 0 Å². The predicted octanol–water partition coefficient (Wildman–Crippen LogP) is -0.982. The first-order chi connectivity index (χ1) is 4.00. The lowest BCUT2D eigenvalue weighted by Crippen LogP contribution is -2.20. The number of carbonyl (C=O) groups excluding carboxylic acids is 1. The van der Waals surface area contributed by atoms with E-state index in [4.69, 9.17) is 5.41 Å². The summed E-state index contributed by atoms with van der Waals surface area (Å²) in [6.07, 6.45) is 0. The zero-order valence-corrected chi connectivity index (χ0v) is 5.47. The van der Waals surface area contributed by atoms with Gasteiger partial charge < -0.3 is 16.2 Å². The van der Waals surface area contributed by atoms with E-state index in [1.807, 2.05) is 0 Å². The molecule has 0 unspecified atom stereocenters. The van der Waals surface area contributed by atoms with Gasteiger partial charge in [0.15, 0.2) is 5.96 Å². The van der Waals surface area contributed by atoms with Gasteiger partial charge in [0.25, 0.3) is 0 Å². The van der Waals surface area contributed by atoms with Crippen molar-refractivity contribution in [2.45, 2.75) is 6.92 Å². The fraction of sp³-hybridized carbons (Fsp3) is 0.500. The molecule has 9 heavy (non-hydrogen) atoms. The van der Waals surface area contributed by atoms with Crippen LogP contribution < -0.4 is 11.5 Å². The number of methoxy groups -OCH3 is 1. The second-order valence-electron chi connectivity index (χ2n) is 1.15. The molecule has 0 atom stereocenters. The minimum atomic E-state index is -0.333. The number of esters is 1. The van der Waals surface area contributed by atoms with E-state index in [-0.39, 0.29) is 11.9 Å². The Labute approximate surface area is 53.5 Å². The van der Waals surface area contributed by atoms with Crippen molar-refractivity contribution in [2.24, 2.45) is 11.5 Å². The van der Waals surface area contributed by atoms with E-state index >= 15 is 0 Å². The molecular weight excluding hydrogens is 122 g/mol. The Morgan fingerprint density at radius 2 is 1.67 bits per heavy atom. The van der Waals surface area contributed by atoms with Gasteiger partial charge in [-0.3, -0.25) is 10.2 Å². The molecule has 5 heteroatoms. The maximum atomic E-state index is 9.59. The molecule has 0 aromatic heterocycles. The smallest absolute Gasteiger partial charge is 0.302 e. The summed E-state index contributed by atoms with van der Waals surface area (Å²) >= 11 is 0. The standard InChI is InChI=1S/C3H6O2.CH5N3/c1-3(4)5-2;2-1(3)4/h1-2H3;(H5,2,3,4). The number of rotatable bonds is 0. The molecule has 0 rings (SSSR count). The molecule has 54 valence electrons. The van der Waals surface area contributed by atoms with Crippen molar-refractivity contribution < 1.29 is 9.53 Å². The summed E-state index contributed by atoms with van der Waals surface area (Å²) in [4.78, 5) is 9.59. The van der Waals surface area contributed by atoms with Gasteiger partial charge in [-0.15, -0.1) is 0 Å². The van der Waals surface area contributed by atoms with Crippen LogP contribution in [0, 0.1) is 5.41 Å². The minimum absolute atomic E-state index is 0.245. The quantitative estimate of drug-likeness (QED) is 0.224. The average molecular weight is 133 g/mol. The van der Waals surface area contributed by atoms with Crippen LogP contribution in [0.3, 0.4) is 0 Å². The molecule has 0 saturated heterocycles. The lowest BCUT2D eigenvalue weighted by Gasteiger charge is -1.80. The first-order valence-corrected chi connectivity index (χ1v) is 2.14.